The monoisotopic (exact) mass is 433 g/mol. The fourth-order valence-electron chi connectivity index (χ4n) is 2.98. The Morgan fingerprint density at radius 2 is 2.25 bits per heavy atom. The lowest BCUT2D eigenvalue weighted by molar-refractivity contribution is 0.200. The number of nitrogen functional groups attached to an aromatic ring is 1. The molecular weight excluding hydrogens is 414 g/mol. The van der Waals surface area contributed by atoms with E-state index < -0.39 is 10.8 Å². The Kier molecular flexibility index (Phi) is 5.54. The lowest BCUT2D eigenvalue weighted by atomic mass is 10.1. The van der Waals surface area contributed by atoms with Crippen molar-refractivity contribution in [1.82, 2.24) is 19.5 Å². The molecule has 2 N–H and O–H groups in total. The summed E-state index contributed by atoms with van der Waals surface area (Å²) < 4.78 is 20.5. The summed E-state index contributed by atoms with van der Waals surface area (Å²) in [7, 11) is 2.38. The van der Waals surface area contributed by atoms with Crippen molar-refractivity contribution in [3.63, 3.8) is 0 Å². The molecule has 4 aromatic heterocycles. The van der Waals surface area contributed by atoms with Crippen molar-refractivity contribution in [3.8, 4) is 22.0 Å². The second kappa shape index (κ2) is 8.08. The zero-order chi connectivity index (χ0) is 19.7. The van der Waals surface area contributed by atoms with Crippen LogP contribution in [-0.4, -0.2) is 43.2 Å². The van der Waals surface area contributed by atoms with Gasteiger partial charge in [-0.05, 0) is 12.5 Å². The van der Waals surface area contributed by atoms with Gasteiger partial charge in [0.15, 0.2) is 0 Å². The minimum absolute atomic E-state index is 0.505. The number of methoxy groups -OCH3 is 1. The highest BCUT2D eigenvalue weighted by atomic mass is 32.2. The van der Waals surface area contributed by atoms with E-state index in [0.29, 0.717) is 28.7 Å². The first-order valence-corrected chi connectivity index (χ1v) is 11.6. The molecule has 0 radical (unpaired) electrons. The topological polar surface area (TPSA) is 95.9 Å². The highest BCUT2D eigenvalue weighted by Gasteiger charge is 2.22. The van der Waals surface area contributed by atoms with Crippen molar-refractivity contribution in [2.24, 2.45) is 7.05 Å². The first kappa shape index (κ1) is 19.2. The van der Waals surface area contributed by atoms with Crippen LogP contribution in [0.5, 0.6) is 0 Å². The number of hydrogen-bond donors (Lipinski definition) is 1. The Morgan fingerprint density at radius 3 is 2.93 bits per heavy atom. The van der Waals surface area contributed by atoms with Crippen LogP contribution in [0.25, 0.3) is 32.2 Å². The van der Waals surface area contributed by atoms with E-state index in [-0.39, 0.29) is 0 Å². The molecule has 10 heteroatoms. The molecule has 0 amide bonds. The van der Waals surface area contributed by atoms with Gasteiger partial charge in [0.05, 0.1) is 34.7 Å². The predicted molar refractivity (Wildman–Crippen MR) is 115 cm³/mol. The molecule has 0 fully saturated rings. The second-order valence-corrected chi connectivity index (χ2v) is 9.82. The fraction of sp³-hybridized carbons (Fsp3) is 0.278. The van der Waals surface area contributed by atoms with Crippen LogP contribution in [-0.2, 0) is 22.6 Å². The molecule has 0 saturated carbocycles. The number of nitrogens with two attached hydrogens (primary N) is 1. The van der Waals surface area contributed by atoms with Crippen molar-refractivity contribution < 1.29 is 8.95 Å². The summed E-state index contributed by atoms with van der Waals surface area (Å²) in [6.07, 6.45) is 6.02. The Labute approximate surface area is 172 Å². The maximum Gasteiger partial charge on any atom is 0.141 e. The molecule has 28 heavy (non-hydrogen) atoms. The number of aromatic nitrogens is 4. The molecule has 7 nitrogen and oxygen atoms in total. The third kappa shape index (κ3) is 3.48. The molecule has 0 aliphatic heterocycles. The quantitative estimate of drug-likeness (QED) is 0.448. The molecule has 4 heterocycles. The Morgan fingerprint density at radius 1 is 1.39 bits per heavy atom. The van der Waals surface area contributed by atoms with E-state index in [1.165, 1.54) is 22.7 Å². The smallest absolute Gasteiger partial charge is 0.141 e. The van der Waals surface area contributed by atoms with Gasteiger partial charge in [-0.25, -0.2) is 15.0 Å². The van der Waals surface area contributed by atoms with Crippen LogP contribution in [0, 0.1) is 0 Å². The standard InChI is InChI=1S/C18H19N5O2S3/c1-23-10-20-9-13(23)11-8-12(16-21-4-6-26-16)22-17-14(11)15(19)18(27-17)28(24)7-3-5-25-2/h4,6,8-10H,3,5,7,19H2,1-2H3/t28-/m1/s1. The number of ether oxygens (including phenoxy) is 1. The Hall–Kier alpha value is -2.14. The molecule has 146 valence electrons. The van der Waals surface area contributed by atoms with Crippen LogP contribution in [0.3, 0.4) is 0 Å². The fourth-order valence-corrected chi connectivity index (χ4v) is 6.20. The van der Waals surface area contributed by atoms with Crippen LogP contribution >= 0.6 is 22.7 Å². The van der Waals surface area contributed by atoms with Gasteiger partial charge in [-0.2, -0.15) is 0 Å². The van der Waals surface area contributed by atoms with Gasteiger partial charge in [-0.15, -0.1) is 22.7 Å². The summed E-state index contributed by atoms with van der Waals surface area (Å²) in [6.45, 7) is 0.573. The number of nitrogens with zero attached hydrogens (tertiary/aromatic N) is 4. The van der Waals surface area contributed by atoms with Gasteiger partial charge in [-0.1, -0.05) is 0 Å². The number of aryl methyl sites for hydroxylation is 1. The number of fused-ring (bicyclic) bond motifs is 1. The number of hydrogen-bond acceptors (Lipinski definition) is 8. The van der Waals surface area contributed by atoms with Crippen molar-refractivity contribution in [1.29, 1.82) is 0 Å². The molecule has 4 aromatic rings. The largest absolute Gasteiger partial charge is 0.396 e. The van der Waals surface area contributed by atoms with Gasteiger partial charge in [0.2, 0.25) is 0 Å². The third-order valence-electron chi connectivity index (χ3n) is 4.29. The summed E-state index contributed by atoms with van der Waals surface area (Å²) in [5.74, 6) is 0.505. The predicted octanol–water partition coefficient (Wildman–Crippen LogP) is 3.55. The summed E-state index contributed by atoms with van der Waals surface area (Å²) in [4.78, 5) is 14.2. The summed E-state index contributed by atoms with van der Waals surface area (Å²) >= 11 is 2.92. The summed E-state index contributed by atoms with van der Waals surface area (Å²) in [5, 5.41) is 3.58. The molecule has 0 aromatic carbocycles. The zero-order valence-electron chi connectivity index (χ0n) is 15.4. The van der Waals surface area contributed by atoms with Gasteiger partial charge in [-0.3, -0.25) is 4.21 Å². The van der Waals surface area contributed by atoms with Crippen molar-refractivity contribution in [2.75, 3.05) is 25.2 Å². The van der Waals surface area contributed by atoms with E-state index in [0.717, 1.165) is 32.2 Å². The SMILES string of the molecule is COCCC[S@@](=O)c1sc2nc(-c3nccs3)cc(-c3cncn3C)c2c1N. The first-order chi connectivity index (χ1) is 13.6. The summed E-state index contributed by atoms with van der Waals surface area (Å²) in [5.41, 5.74) is 9.62. The van der Waals surface area contributed by atoms with E-state index in [2.05, 4.69) is 9.97 Å². The minimum atomic E-state index is -1.19. The average molecular weight is 434 g/mol. The van der Waals surface area contributed by atoms with Crippen LogP contribution in [0.15, 0.2) is 34.4 Å². The van der Waals surface area contributed by atoms with E-state index in [9.17, 15) is 4.21 Å². The van der Waals surface area contributed by atoms with Crippen molar-refractivity contribution >= 4 is 49.4 Å². The molecular formula is C18H19N5O2S3. The van der Waals surface area contributed by atoms with Crippen LogP contribution in [0.1, 0.15) is 6.42 Å². The van der Waals surface area contributed by atoms with E-state index in [1.807, 2.05) is 23.1 Å². The van der Waals surface area contributed by atoms with Gasteiger partial charge in [0, 0.05) is 49.0 Å². The summed E-state index contributed by atoms with van der Waals surface area (Å²) in [6, 6.07) is 1.99. The number of imidazole rings is 1. The van der Waals surface area contributed by atoms with E-state index in [1.54, 1.807) is 25.8 Å². The van der Waals surface area contributed by atoms with Crippen molar-refractivity contribution in [3.05, 3.63) is 30.2 Å². The maximum absolute atomic E-state index is 12.8. The highest BCUT2D eigenvalue weighted by Crippen LogP contribution is 2.42. The van der Waals surface area contributed by atoms with E-state index >= 15 is 0 Å². The van der Waals surface area contributed by atoms with Gasteiger partial charge < -0.3 is 15.0 Å². The molecule has 1 atom stereocenters. The van der Waals surface area contributed by atoms with Crippen LogP contribution < -0.4 is 5.73 Å². The zero-order valence-corrected chi connectivity index (χ0v) is 17.9. The van der Waals surface area contributed by atoms with Crippen LogP contribution in [0.4, 0.5) is 5.69 Å². The van der Waals surface area contributed by atoms with Crippen LogP contribution in [0.2, 0.25) is 0 Å². The normalized spacial score (nSPS) is 12.6. The van der Waals surface area contributed by atoms with Gasteiger partial charge in [0.1, 0.15) is 19.7 Å². The third-order valence-corrected chi connectivity index (χ3v) is 8.08. The molecule has 0 bridgehead atoms. The lowest BCUT2D eigenvalue weighted by Gasteiger charge is -2.08. The molecule has 4 rings (SSSR count). The molecule has 0 saturated heterocycles. The van der Waals surface area contributed by atoms with Crippen molar-refractivity contribution in [2.45, 2.75) is 10.6 Å². The molecule has 0 aliphatic carbocycles. The lowest BCUT2D eigenvalue weighted by Crippen LogP contribution is -2.02. The van der Waals surface area contributed by atoms with Gasteiger partial charge in [0.25, 0.3) is 0 Å². The molecule has 0 spiro atoms. The second-order valence-electron chi connectivity index (χ2n) is 6.16. The number of thiophene rings is 1. The number of thiazole rings is 1. The highest BCUT2D eigenvalue weighted by molar-refractivity contribution is 7.87. The van der Waals surface area contributed by atoms with Gasteiger partial charge >= 0.3 is 0 Å². The number of rotatable bonds is 7. The Bertz CT molecular complexity index is 1130. The molecule has 0 aliphatic rings. The van der Waals surface area contributed by atoms with E-state index in [4.69, 9.17) is 15.5 Å². The maximum atomic E-state index is 12.8. The number of anilines is 1. The Balaban J connectivity index is 1.89. The average Bonchev–Trinajstić information content (AvgIpc) is 3.42. The molecule has 0 unspecified atom stereocenters. The minimum Gasteiger partial charge on any atom is -0.396 e. The first-order valence-electron chi connectivity index (χ1n) is 8.57. The number of pyridine rings is 1.